The first-order valence-corrected chi connectivity index (χ1v) is 4.51. The molecule has 0 aromatic carbocycles. The Morgan fingerprint density at radius 1 is 1.08 bits per heavy atom. The van der Waals surface area contributed by atoms with E-state index in [0.717, 1.165) is 0 Å². The van der Waals surface area contributed by atoms with E-state index in [1.165, 1.54) is 0 Å². The number of rotatable bonds is 0. The predicted molar refractivity (Wildman–Crippen MR) is 48.0 cm³/mol. The number of hydrogen-bond acceptors (Lipinski definition) is 3. The summed E-state index contributed by atoms with van der Waals surface area (Å²) >= 11 is 0. The van der Waals surface area contributed by atoms with Gasteiger partial charge in [0, 0.05) is 25.0 Å². The molecule has 0 aliphatic carbocycles. The van der Waals surface area contributed by atoms with E-state index in [1.54, 1.807) is 0 Å². The molecular weight excluding hydrogens is 154 g/mol. The van der Waals surface area contributed by atoms with Crippen LogP contribution in [0.2, 0.25) is 0 Å². The minimum Gasteiger partial charge on any atom is -0.392 e. The van der Waals surface area contributed by atoms with Gasteiger partial charge in [0.25, 0.3) is 0 Å². The third-order valence-electron chi connectivity index (χ3n) is 2.36. The Balaban J connectivity index is 2.55. The number of nitrogens with zero attached hydrogens (tertiary/aromatic N) is 1. The summed E-state index contributed by atoms with van der Waals surface area (Å²) in [6.07, 6.45) is -0.215. The number of aliphatic hydroxyl groups is 2. The van der Waals surface area contributed by atoms with Gasteiger partial charge in [0.1, 0.15) is 0 Å². The van der Waals surface area contributed by atoms with E-state index >= 15 is 0 Å². The molecule has 2 atom stereocenters. The van der Waals surface area contributed by atoms with Gasteiger partial charge in [-0.15, -0.1) is 0 Å². The van der Waals surface area contributed by atoms with Gasteiger partial charge in [-0.1, -0.05) is 0 Å². The number of piperidine rings is 1. The normalized spacial score (nSPS) is 33.8. The van der Waals surface area contributed by atoms with Gasteiger partial charge in [0.05, 0.1) is 12.2 Å². The molecule has 0 saturated carbocycles. The highest BCUT2D eigenvalue weighted by atomic mass is 16.3. The molecular formula is C9H19NO2. The standard InChI is InChI=1S/C9H19NO2/c1-9(2,3)10-5-7(11)4-8(12)6-10/h7-8,11-12H,4-6H2,1-3H3. The van der Waals surface area contributed by atoms with Gasteiger partial charge in [0.2, 0.25) is 0 Å². The van der Waals surface area contributed by atoms with Gasteiger partial charge in [-0.05, 0) is 20.8 Å². The lowest BCUT2D eigenvalue weighted by molar-refractivity contribution is -0.0411. The molecule has 0 amide bonds. The van der Waals surface area contributed by atoms with Crippen LogP contribution in [0.4, 0.5) is 0 Å². The van der Waals surface area contributed by atoms with E-state index in [-0.39, 0.29) is 17.7 Å². The molecule has 1 aliphatic rings. The van der Waals surface area contributed by atoms with Gasteiger partial charge in [-0.25, -0.2) is 0 Å². The first kappa shape index (κ1) is 9.96. The fourth-order valence-corrected chi connectivity index (χ4v) is 1.59. The molecule has 2 N–H and O–H groups in total. The average Bonchev–Trinajstić information content (AvgIpc) is 1.82. The van der Waals surface area contributed by atoms with Crippen LogP contribution in [0.5, 0.6) is 0 Å². The van der Waals surface area contributed by atoms with Crippen molar-refractivity contribution in [2.24, 2.45) is 0 Å². The fourth-order valence-electron chi connectivity index (χ4n) is 1.59. The first-order chi connectivity index (χ1) is 5.39. The topological polar surface area (TPSA) is 43.7 Å². The minimum atomic E-state index is -0.368. The van der Waals surface area contributed by atoms with Gasteiger partial charge >= 0.3 is 0 Å². The second-order valence-corrected chi connectivity index (χ2v) is 4.62. The van der Waals surface area contributed by atoms with Crippen molar-refractivity contribution in [1.29, 1.82) is 0 Å². The van der Waals surface area contributed by atoms with Crippen LogP contribution >= 0.6 is 0 Å². The van der Waals surface area contributed by atoms with Gasteiger partial charge in [-0.3, -0.25) is 4.90 Å². The smallest absolute Gasteiger partial charge is 0.0692 e. The summed E-state index contributed by atoms with van der Waals surface area (Å²) in [5.74, 6) is 0. The third-order valence-corrected chi connectivity index (χ3v) is 2.36. The van der Waals surface area contributed by atoms with Crippen LogP contribution in [-0.4, -0.2) is 45.9 Å². The van der Waals surface area contributed by atoms with Crippen molar-refractivity contribution in [2.75, 3.05) is 13.1 Å². The Bertz CT molecular complexity index is 143. The van der Waals surface area contributed by atoms with E-state index in [2.05, 4.69) is 25.7 Å². The van der Waals surface area contributed by atoms with Gasteiger partial charge in [-0.2, -0.15) is 0 Å². The molecule has 0 bridgehead atoms. The van der Waals surface area contributed by atoms with Crippen molar-refractivity contribution >= 4 is 0 Å². The molecule has 2 unspecified atom stereocenters. The highest BCUT2D eigenvalue weighted by Crippen LogP contribution is 2.20. The van der Waals surface area contributed by atoms with Crippen molar-refractivity contribution in [2.45, 2.75) is 44.9 Å². The summed E-state index contributed by atoms with van der Waals surface area (Å²) in [6, 6.07) is 0. The molecule has 72 valence electrons. The second kappa shape index (κ2) is 3.32. The number of β-amino-alcohol motifs (C(OH)–C–C–N with tert-alkyl or cyclic N) is 2. The quantitative estimate of drug-likeness (QED) is 0.550. The summed E-state index contributed by atoms with van der Waals surface area (Å²) in [4.78, 5) is 2.12. The summed E-state index contributed by atoms with van der Waals surface area (Å²) in [7, 11) is 0. The minimum absolute atomic E-state index is 0.0440. The van der Waals surface area contributed by atoms with Gasteiger partial charge < -0.3 is 10.2 Å². The monoisotopic (exact) mass is 173 g/mol. The highest BCUT2D eigenvalue weighted by molar-refractivity contribution is 4.85. The predicted octanol–water partition coefficient (Wildman–Crippen LogP) is 0.212. The maximum atomic E-state index is 9.41. The van der Waals surface area contributed by atoms with Crippen LogP contribution in [0.3, 0.4) is 0 Å². The fraction of sp³-hybridized carbons (Fsp3) is 1.00. The SMILES string of the molecule is CC(C)(C)N1CC(O)CC(O)C1. The number of likely N-dealkylation sites (tertiary alicyclic amines) is 1. The lowest BCUT2D eigenvalue weighted by Gasteiger charge is -2.42. The number of hydrogen-bond donors (Lipinski definition) is 2. The maximum Gasteiger partial charge on any atom is 0.0692 e. The molecule has 1 heterocycles. The van der Waals surface area contributed by atoms with Gasteiger partial charge in [0.15, 0.2) is 0 Å². The Hall–Kier alpha value is -0.120. The molecule has 0 radical (unpaired) electrons. The average molecular weight is 173 g/mol. The van der Waals surface area contributed by atoms with Crippen LogP contribution < -0.4 is 0 Å². The van der Waals surface area contributed by atoms with Crippen molar-refractivity contribution in [3.8, 4) is 0 Å². The van der Waals surface area contributed by atoms with E-state index < -0.39 is 0 Å². The molecule has 0 aromatic heterocycles. The Kier molecular flexibility index (Phi) is 2.76. The molecule has 1 fully saturated rings. The molecule has 1 rings (SSSR count). The first-order valence-electron chi connectivity index (χ1n) is 4.51. The van der Waals surface area contributed by atoms with E-state index in [1.807, 2.05) is 0 Å². The Morgan fingerprint density at radius 3 is 1.83 bits per heavy atom. The van der Waals surface area contributed by atoms with Crippen LogP contribution in [0.25, 0.3) is 0 Å². The largest absolute Gasteiger partial charge is 0.392 e. The molecule has 3 heteroatoms. The highest BCUT2D eigenvalue weighted by Gasteiger charge is 2.30. The van der Waals surface area contributed by atoms with E-state index in [0.29, 0.717) is 19.5 Å². The summed E-state index contributed by atoms with van der Waals surface area (Å²) in [5.41, 5.74) is 0.0440. The van der Waals surface area contributed by atoms with Crippen molar-refractivity contribution in [3.05, 3.63) is 0 Å². The summed E-state index contributed by atoms with van der Waals surface area (Å²) in [5, 5.41) is 18.8. The van der Waals surface area contributed by atoms with Crippen molar-refractivity contribution in [1.82, 2.24) is 4.90 Å². The number of aliphatic hydroxyl groups excluding tert-OH is 2. The zero-order valence-corrected chi connectivity index (χ0v) is 8.12. The second-order valence-electron chi connectivity index (χ2n) is 4.62. The third kappa shape index (κ3) is 2.44. The Labute approximate surface area is 74.0 Å². The van der Waals surface area contributed by atoms with Crippen LogP contribution in [0.1, 0.15) is 27.2 Å². The molecule has 3 nitrogen and oxygen atoms in total. The molecule has 12 heavy (non-hydrogen) atoms. The van der Waals surface area contributed by atoms with Crippen LogP contribution in [-0.2, 0) is 0 Å². The van der Waals surface area contributed by atoms with E-state index in [9.17, 15) is 10.2 Å². The zero-order chi connectivity index (χ0) is 9.35. The lowest BCUT2D eigenvalue weighted by atomic mass is 9.98. The van der Waals surface area contributed by atoms with Crippen LogP contribution in [0, 0.1) is 0 Å². The maximum absolute atomic E-state index is 9.41. The van der Waals surface area contributed by atoms with Crippen molar-refractivity contribution < 1.29 is 10.2 Å². The molecule has 0 aromatic rings. The lowest BCUT2D eigenvalue weighted by Crippen LogP contribution is -2.53. The zero-order valence-electron chi connectivity index (χ0n) is 8.12. The van der Waals surface area contributed by atoms with E-state index in [4.69, 9.17) is 0 Å². The molecule has 1 saturated heterocycles. The Morgan fingerprint density at radius 2 is 1.50 bits per heavy atom. The summed E-state index contributed by atoms with van der Waals surface area (Å²) < 4.78 is 0. The van der Waals surface area contributed by atoms with Crippen LogP contribution in [0.15, 0.2) is 0 Å². The van der Waals surface area contributed by atoms with Crippen molar-refractivity contribution in [3.63, 3.8) is 0 Å². The molecule has 0 spiro atoms. The molecule has 1 aliphatic heterocycles. The summed E-state index contributed by atoms with van der Waals surface area (Å²) in [6.45, 7) is 7.65.